The molecule has 0 saturated carbocycles. The molecule has 0 aliphatic rings. The number of imide groups is 1. The topological polar surface area (TPSA) is 151 Å². The molecule has 0 unspecified atom stereocenters. The fourth-order valence-electron chi connectivity index (χ4n) is 3.24. The molecule has 0 saturated heterocycles. The third kappa shape index (κ3) is 6.13. The van der Waals surface area contributed by atoms with Crippen molar-refractivity contribution >= 4 is 23.7 Å². The molecule has 2 rings (SSSR count). The number of carboxylic acid groups (broad SMARTS) is 1. The molecule has 9 heteroatoms. The summed E-state index contributed by atoms with van der Waals surface area (Å²) in [5, 5.41) is 13.2. The zero-order valence-electron chi connectivity index (χ0n) is 17.3. The van der Waals surface area contributed by atoms with Crippen molar-refractivity contribution < 1.29 is 19.5 Å². The highest BCUT2D eigenvalue weighted by molar-refractivity contribution is 6.07. The Morgan fingerprint density at radius 1 is 1.03 bits per heavy atom. The molecule has 0 spiro atoms. The van der Waals surface area contributed by atoms with Crippen LogP contribution in [0.4, 0.5) is 0 Å². The molecule has 0 aliphatic heterocycles. The fourth-order valence-corrected chi connectivity index (χ4v) is 3.24. The zero-order valence-corrected chi connectivity index (χ0v) is 17.3. The van der Waals surface area contributed by atoms with E-state index in [4.69, 9.17) is 11.5 Å². The molecule has 2 amide bonds. The van der Waals surface area contributed by atoms with Gasteiger partial charge in [0.25, 0.3) is 5.91 Å². The number of nitrogens with one attached hydrogen (secondary N) is 1. The van der Waals surface area contributed by atoms with E-state index in [9.17, 15) is 19.5 Å². The number of benzene rings is 2. The van der Waals surface area contributed by atoms with E-state index < -0.39 is 23.4 Å². The van der Waals surface area contributed by atoms with Gasteiger partial charge in [0.05, 0.1) is 0 Å². The Morgan fingerprint density at radius 2 is 1.61 bits per heavy atom. The Labute approximate surface area is 180 Å². The number of carboxylic acids is 1. The van der Waals surface area contributed by atoms with E-state index >= 15 is 0 Å². The average Bonchev–Trinajstić information content (AvgIpc) is 2.75. The van der Waals surface area contributed by atoms with Crippen LogP contribution in [0.15, 0.2) is 65.7 Å². The van der Waals surface area contributed by atoms with Crippen molar-refractivity contribution in [3.63, 3.8) is 0 Å². The first-order valence-electron chi connectivity index (χ1n) is 9.76. The summed E-state index contributed by atoms with van der Waals surface area (Å²) in [5.41, 5.74) is 9.70. The number of nitrogens with two attached hydrogens (primary N) is 2. The van der Waals surface area contributed by atoms with Gasteiger partial charge in [-0.1, -0.05) is 48.5 Å². The summed E-state index contributed by atoms with van der Waals surface area (Å²) in [6.07, 6.45) is 0.127. The lowest BCUT2D eigenvalue weighted by atomic mass is 9.98. The van der Waals surface area contributed by atoms with Crippen molar-refractivity contribution in [1.29, 1.82) is 0 Å². The van der Waals surface area contributed by atoms with Crippen LogP contribution in [0.5, 0.6) is 0 Å². The molecule has 9 nitrogen and oxygen atoms in total. The largest absolute Gasteiger partial charge is 0.478 e. The Kier molecular flexibility index (Phi) is 8.27. The number of hydrogen-bond donors (Lipinski definition) is 4. The maximum atomic E-state index is 13.2. The van der Waals surface area contributed by atoms with Crippen LogP contribution in [0.3, 0.4) is 0 Å². The number of nitrogens with zero attached hydrogens (tertiary/aromatic N) is 2. The second-order valence-electron chi connectivity index (χ2n) is 6.94. The first kappa shape index (κ1) is 23.6. The highest BCUT2D eigenvalue weighted by Gasteiger charge is 2.48. The number of amides is 2. The first-order valence-corrected chi connectivity index (χ1v) is 9.76. The summed E-state index contributed by atoms with van der Waals surface area (Å²) in [5.74, 6) is -2.88. The van der Waals surface area contributed by atoms with Crippen LogP contribution in [0, 0.1) is 0 Å². The van der Waals surface area contributed by atoms with Gasteiger partial charge in [-0.05, 0) is 30.5 Å². The Hall–Kier alpha value is -3.72. The van der Waals surface area contributed by atoms with E-state index in [0.717, 1.165) is 10.5 Å². The van der Waals surface area contributed by atoms with Gasteiger partial charge in [0.15, 0.2) is 5.96 Å². The number of aliphatic carboxylic acids is 1. The Bertz CT molecular complexity index is 929. The van der Waals surface area contributed by atoms with Gasteiger partial charge in [0, 0.05) is 25.6 Å². The molecule has 0 heterocycles. The van der Waals surface area contributed by atoms with Crippen molar-refractivity contribution in [3.05, 3.63) is 71.8 Å². The van der Waals surface area contributed by atoms with Crippen molar-refractivity contribution in [2.24, 2.45) is 16.5 Å². The van der Waals surface area contributed by atoms with Gasteiger partial charge >= 0.3 is 5.97 Å². The van der Waals surface area contributed by atoms with Crippen molar-refractivity contribution in [3.8, 4) is 0 Å². The lowest BCUT2D eigenvalue weighted by Crippen LogP contribution is -2.67. The minimum Gasteiger partial charge on any atom is -0.478 e. The third-order valence-electron chi connectivity index (χ3n) is 4.69. The van der Waals surface area contributed by atoms with E-state index in [1.165, 1.54) is 19.1 Å². The second kappa shape index (κ2) is 10.9. The standard InChI is InChI=1S/C22H27N5O4/c1-16(28)27(19(29)18-11-6-3-7-12-18)22(20(30)31,13-8-14-25-21(23)24)26-15-17-9-4-2-5-10-17/h2-7,9-12,26H,8,13-15H2,1H3,(H,30,31)(H4,23,24,25)/t22-/m0/s1. The molecular weight excluding hydrogens is 398 g/mol. The van der Waals surface area contributed by atoms with E-state index in [1.807, 2.05) is 30.3 Å². The monoisotopic (exact) mass is 425 g/mol. The number of rotatable bonds is 10. The highest BCUT2D eigenvalue weighted by Crippen LogP contribution is 2.24. The molecule has 0 aromatic heterocycles. The summed E-state index contributed by atoms with van der Waals surface area (Å²) in [4.78, 5) is 43.0. The van der Waals surface area contributed by atoms with Crippen LogP contribution < -0.4 is 16.8 Å². The maximum Gasteiger partial charge on any atom is 0.345 e. The van der Waals surface area contributed by atoms with E-state index in [1.54, 1.807) is 18.2 Å². The van der Waals surface area contributed by atoms with Gasteiger partial charge < -0.3 is 16.6 Å². The number of guanidine groups is 1. The van der Waals surface area contributed by atoms with Crippen molar-refractivity contribution in [2.45, 2.75) is 32.0 Å². The number of aliphatic imine (C=N–C) groups is 1. The molecule has 0 bridgehead atoms. The summed E-state index contributed by atoms with van der Waals surface area (Å²) >= 11 is 0. The molecule has 31 heavy (non-hydrogen) atoms. The average molecular weight is 425 g/mol. The van der Waals surface area contributed by atoms with Gasteiger partial charge in [0.1, 0.15) is 0 Å². The lowest BCUT2D eigenvalue weighted by Gasteiger charge is -2.39. The van der Waals surface area contributed by atoms with Crippen LogP contribution in [-0.2, 0) is 16.1 Å². The smallest absolute Gasteiger partial charge is 0.345 e. The van der Waals surface area contributed by atoms with Crippen molar-refractivity contribution in [1.82, 2.24) is 10.2 Å². The third-order valence-corrected chi connectivity index (χ3v) is 4.69. The minimum absolute atomic E-state index is 0.0932. The summed E-state index contributed by atoms with van der Waals surface area (Å²) in [6.45, 7) is 1.44. The molecule has 6 N–H and O–H groups in total. The number of carbonyl (C=O) groups is 3. The first-order chi connectivity index (χ1) is 14.8. The van der Waals surface area contributed by atoms with Crippen LogP contribution in [0.1, 0.15) is 35.7 Å². The van der Waals surface area contributed by atoms with Crippen LogP contribution in [-0.4, -0.2) is 46.0 Å². The molecule has 0 fully saturated rings. The molecule has 164 valence electrons. The van der Waals surface area contributed by atoms with E-state index in [2.05, 4.69) is 10.3 Å². The van der Waals surface area contributed by atoms with Gasteiger partial charge in [-0.15, -0.1) is 0 Å². The van der Waals surface area contributed by atoms with Crippen LogP contribution >= 0.6 is 0 Å². The second-order valence-corrected chi connectivity index (χ2v) is 6.94. The van der Waals surface area contributed by atoms with Gasteiger partial charge in [0.2, 0.25) is 11.6 Å². The summed E-state index contributed by atoms with van der Waals surface area (Å²) in [6, 6.07) is 17.2. The van der Waals surface area contributed by atoms with Crippen LogP contribution in [0.25, 0.3) is 0 Å². The number of hydrogen-bond acceptors (Lipinski definition) is 5. The minimum atomic E-state index is -1.99. The molecule has 2 aromatic carbocycles. The number of carbonyl (C=O) groups excluding carboxylic acids is 2. The Balaban J connectivity index is 2.46. The molecule has 2 aromatic rings. The quantitative estimate of drug-likeness (QED) is 0.194. The highest BCUT2D eigenvalue weighted by atomic mass is 16.4. The predicted octanol–water partition coefficient (Wildman–Crippen LogP) is 1.30. The Morgan fingerprint density at radius 3 is 2.13 bits per heavy atom. The lowest BCUT2D eigenvalue weighted by molar-refractivity contribution is -0.159. The molecule has 0 aliphatic carbocycles. The van der Waals surface area contributed by atoms with Crippen molar-refractivity contribution in [2.75, 3.05) is 6.54 Å². The molecule has 0 radical (unpaired) electrons. The van der Waals surface area contributed by atoms with Gasteiger partial charge in [-0.25, -0.2) is 9.69 Å². The van der Waals surface area contributed by atoms with E-state index in [0.29, 0.717) is 0 Å². The zero-order chi connectivity index (χ0) is 22.9. The van der Waals surface area contributed by atoms with E-state index in [-0.39, 0.29) is 37.5 Å². The maximum absolute atomic E-state index is 13.2. The normalized spacial score (nSPS) is 12.4. The summed E-state index contributed by atoms with van der Waals surface area (Å²) < 4.78 is 0. The summed E-state index contributed by atoms with van der Waals surface area (Å²) in [7, 11) is 0. The van der Waals surface area contributed by atoms with Gasteiger partial charge in [-0.3, -0.25) is 19.9 Å². The molecular formula is C22H27N5O4. The molecule has 1 atom stereocenters. The fraction of sp³-hybridized carbons (Fsp3) is 0.273. The predicted molar refractivity (Wildman–Crippen MR) is 117 cm³/mol. The van der Waals surface area contributed by atoms with Gasteiger partial charge in [-0.2, -0.15) is 0 Å². The SMILES string of the molecule is CC(=O)N(C(=O)c1ccccc1)[C@](CCCN=C(N)N)(NCc1ccccc1)C(=O)O. The van der Waals surface area contributed by atoms with Crippen LogP contribution in [0.2, 0.25) is 0 Å².